The maximum absolute atomic E-state index is 13.1. The minimum Gasteiger partial charge on any atom is -0.382 e. The second-order valence-electron chi connectivity index (χ2n) is 6.39. The highest BCUT2D eigenvalue weighted by atomic mass is 35.5. The van der Waals surface area contributed by atoms with Gasteiger partial charge in [0.25, 0.3) is 5.91 Å². The summed E-state index contributed by atoms with van der Waals surface area (Å²) < 4.78 is 28.1. The predicted molar refractivity (Wildman–Crippen MR) is 113 cm³/mol. The molecule has 0 N–H and O–H groups in total. The Bertz CT molecular complexity index is 930. The van der Waals surface area contributed by atoms with Crippen molar-refractivity contribution < 1.29 is 17.4 Å². The van der Waals surface area contributed by atoms with Crippen LogP contribution in [0.25, 0.3) is 0 Å². The fourth-order valence-corrected chi connectivity index (χ4v) is 3.53. The molecule has 5 nitrogen and oxygen atoms in total. The summed E-state index contributed by atoms with van der Waals surface area (Å²) in [4.78, 5) is 14.8. The number of carbonyl (C=O) groups is 1. The summed E-state index contributed by atoms with van der Waals surface area (Å²) in [5.74, 6) is -0.0509. The van der Waals surface area contributed by atoms with Crippen LogP contribution in [0.5, 0.6) is 5.75 Å². The molecule has 0 aromatic heterocycles. The largest absolute Gasteiger partial charge is 0.382 e. The van der Waals surface area contributed by atoms with Crippen molar-refractivity contribution in [1.29, 1.82) is 0 Å². The maximum Gasteiger partial charge on any atom is 0.308 e. The highest BCUT2D eigenvalue weighted by Crippen LogP contribution is 2.25. The van der Waals surface area contributed by atoms with E-state index in [0.29, 0.717) is 22.2 Å². The minimum atomic E-state index is -3.57. The van der Waals surface area contributed by atoms with Crippen LogP contribution in [0.2, 0.25) is 10.0 Å². The lowest BCUT2D eigenvalue weighted by Gasteiger charge is -2.29. The fraction of sp³-hybridized carbons (Fsp3) is 0.350. The minimum absolute atomic E-state index is 0.0179. The first-order chi connectivity index (χ1) is 13.2. The number of amides is 1. The molecule has 2 rings (SSSR count). The molecule has 0 aliphatic heterocycles. The van der Waals surface area contributed by atoms with Gasteiger partial charge in [-0.1, -0.05) is 42.3 Å². The first-order valence-electron chi connectivity index (χ1n) is 8.94. The van der Waals surface area contributed by atoms with Crippen molar-refractivity contribution in [2.45, 2.75) is 39.8 Å². The molecule has 2 aromatic rings. The molecule has 2 aromatic carbocycles. The molecule has 0 radical (unpaired) electrons. The summed E-state index contributed by atoms with van der Waals surface area (Å²) >= 11 is 12.1. The van der Waals surface area contributed by atoms with Gasteiger partial charge in [0.2, 0.25) is 0 Å². The van der Waals surface area contributed by atoms with Gasteiger partial charge in [0.15, 0.2) is 0 Å². The van der Waals surface area contributed by atoms with Crippen molar-refractivity contribution in [2.75, 3.05) is 5.75 Å². The van der Waals surface area contributed by atoms with Gasteiger partial charge in [0.05, 0.1) is 16.3 Å². The maximum atomic E-state index is 13.1. The Kier molecular flexibility index (Phi) is 7.75. The number of halogens is 2. The lowest BCUT2D eigenvalue weighted by atomic mass is 10.1. The second-order valence-corrected chi connectivity index (χ2v) is 9.09. The van der Waals surface area contributed by atoms with Crippen LogP contribution in [0.4, 0.5) is 0 Å². The molecule has 0 saturated carbocycles. The van der Waals surface area contributed by atoms with Gasteiger partial charge in [-0.3, -0.25) is 4.79 Å². The zero-order valence-electron chi connectivity index (χ0n) is 16.0. The van der Waals surface area contributed by atoms with E-state index >= 15 is 0 Å². The third-order valence-corrected chi connectivity index (χ3v) is 6.10. The molecule has 0 saturated heterocycles. The molecule has 1 amide bonds. The van der Waals surface area contributed by atoms with Crippen LogP contribution in [-0.2, 0) is 16.7 Å². The van der Waals surface area contributed by atoms with E-state index in [4.69, 9.17) is 27.4 Å². The first-order valence-corrected chi connectivity index (χ1v) is 11.3. The van der Waals surface area contributed by atoms with Crippen molar-refractivity contribution in [3.63, 3.8) is 0 Å². The van der Waals surface area contributed by atoms with E-state index in [9.17, 15) is 13.2 Å². The van der Waals surface area contributed by atoms with Crippen molar-refractivity contribution in [1.82, 2.24) is 4.90 Å². The Morgan fingerprint density at radius 3 is 2.29 bits per heavy atom. The SMILES string of the molecule is CCC(C)N(Cc1ccc(OS(=O)(=O)CC)cc1)C(=O)c1ccc(Cl)cc1Cl. The Balaban J connectivity index is 2.24. The third-order valence-electron chi connectivity index (χ3n) is 4.40. The second kappa shape index (κ2) is 9.63. The van der Waals surface area contributed by atoms with Gasteiger partial charge in [-0.15, -0.1) is 0 Å². The first kappa shape index (κ1) is 22.5. The van der Waals surface area contributed by atoms with Crippen LogP contribution in [0.3, 0.4) is 0 Å². The molecule has 28 heavy (non-hydrogen) atoms. The van der Waals surface area contributed by atoms with Gasteiger partial charge in [0.1, 0.15) is 5.75 Å². The van der Waals surface area contributed by atoms with Crippen molar-refractivity contribution in [3.05, 3.63) is 63.6 Å². The summed E-state index contributed by atoms with van der Waals surface area (Å²) in [6, 6.07) is 11.4. The summed E-state index contributed by atoms with van der Waals surface area (Å²) in [6.45, 7) is 5.84. The monoisotopic (exact) mass is 443 g/mol. The standard InChI is InChI=1S/C20H23Cl2NO4S/c1-4-14(3)23(20(24)18-11-8-16(21)12-19(18)22)13-15-6-9-17(10-7-15)27-28(25,26)5-2/h6-12,14H,4-5,13H2,1-3H3. The molecule has 152 valence electrons. The summed E-state index contributed by atoms with van der Waals surface area (Å²) in [5.41, 5.74) is 1.24. The van der Waals surface area contributed by atoms with Gasteiger partial charge in [-0.25, -0.2) is 0 Å². The van der Waals surface area contributed by atoms with Crippen molar-refractivity contribution in [2.24, 2.45) is 0 Å². The number of carbonyl (C=O) groups excluding carboxylic acids is 1. The quantitative estimate of drug-likeness (QED) is 0.528. The van der Waals surface area contributed by atoms with Crippen LogP contribution in [-0.4, -0.2) is 31.0 Å². The van der Waals surface area contributed by atoms with Crippen LogP contribution >= 0.6 is 23.2 Å². The van der Waals surface area contributed by atoms with E-state index in [0.717, 1.165) is 12.0 Å². The van der Waals surface area contributed by atoms with Crippen LogP contribution in [0, 0.1) is 0 Å². The molecule has 0 aliphatic rings. The Morgan fingerprint density at radius 1 is 1.11 bits per heavy atom. The summed E-state index contributed by atoms with van der Waals surface area (Å²) in [6.07, 6.45) is 0.771. The zero-order valence-corrected chi connectivity index (χ0v) is 18.3. The predicted octanol–water partition coefficient (Wildman–Crippen LogP) is 5.16. The van der Waals surface area contributed by atoms with Gasteiger partial charge in [-0.2, -0.15) is 8.42 Å². The molecule has 1 atom stereocenters. The molecule has 8 heteroatoms. The average molecular weight is 444 g/mol. The molecular weight excluding hydrogens is 421 g/mol. The van der Waals surface area contributed by atoms with E-state index in [2.05, 4.69) is 0 Å². The molecule has 0 spiro atoms. The zero-order chi connectivity index (χ0) is 20.9. The number of hydrogen-bond donors (Lipinski definition) is 0. The van der Waals surface area contributed by atoms with Gasteiger partial charge in [-0.05, 0) is 56.2 Å². The molecule has 0 bridgehead atoms. The summed E-state index contributed by atoms with van der Waals surface area (Å²) in [7, 11) is -3.57. The number of benzene rings is 2. The van der Waals surface area contributed by atoms with Gasteiger partial charge < -0.3 is 9.08 Å². The highest BCUT2D eigenvalue weighted by molar-refractivity contribution is 7.87. The van der Waals surface area contributed by atoms with E-state index < -0.39 is 10.1 Å². The molecule has 0 aliphatic carbocycles. The lowest BCUT2D eigenvalue weighted by Crippen LogP contribution is -2.38. The smallest absolute Gasteiger partial charge is 0.308 e. The van der Waals surface area contributed by atoms with Crippen LogP contribution < -0.4 is 4.18 Å². The topological polar surface area (TPSA) is 63.7 Å². The number of nitrogens with zero attached hydrogens (tertiary/aromatic N) is 1. The Hall–Kier alpha value is -1.76. The fourth-order valence-electron chi connectivity index (χ4n) is 2.52. The lowest BCUT2D eigenvalue weighted by molar-refractivity contribution is 0.0672. The Labute approximate surface area is 176 Å². The van der Waals surface area contributed by atoms with Crippen molar-refractivity contribution in [3.8, 4) is 5.75 Å². The van der Waals surface area contributed by atoms with E-state index in [1.807, 2.05) is 13.8 Å². The molecule has 0 fully saturated rings. The Morgan fingerprint density at radius 2 is 1.75 bits per heavy atom. The highest BCUT2D eigenvalue weighted by Gasteiger charge is 2.23. The van der Waals surface area contributed by atoms with Crippen LogP contribution in [0.15, 0.2) is 42.5 Å². The van der Waals surface area contributed by atoms with E-state index in [1.54, 1.807) is 47.4 Å². The van der Waals surface area contributed by atoms with Gasteiger partial charge in [0, 0.05) is 17.6 Å². The number of hydrogen-bond acceptors (Lipinski definition) is 4. The molecule has 0 heterocycles. The third kappa shape index (κ3) is 5.87. The average Bonchev–Trinajstić information content (AvgIpc) is 2.66. The number of rotatable bonds is 8. The van der Waals surface area contributed by atoms with Gasteiger partial charge >= 0.3 is 10.1 Å². The van der Waals surface area contributed by atoms with Crippen molar-refractivity contribution >= 4 is 39.2 Å². The summed E-state index contributed by atoms with van der Waals surface area (Å²) in [5, 5.41) is 0.772. The molecular formula is C20H23Cl2NO4S. The normalized spacial score (nSPS) is 12.5. The molecule has 1 unspecified atom stereocenters. The van der Waals surface area contributed by atoms with Crippen LogP contribution in [0.1, 0.15) is 43.1 Å². The van der Waals surface area contributed by atoms with E-state index in [-0.39, 0.29) is 23.5 Å². The van der Waals surface area contributed by atoms with E-state index in [1.165, 1.54) is 6.92 Å².